The molecule has 2 atom stereocenters. The van der Waals surface area contributed by atoms with Gasteiger partial charge in [0.1, 0.15) is 6.10 Å². The Balaban J connectivity index is 1.75. The normalized spacial score (nSPS) is 30.6. The summed E-state index contributed by atoms with van der Waals surface area (Å²) in [6, 6.07) is 0. The standard InChI is InChI=1S/C11H17NO5/c1-11(5-16-6-11)4-12-9(13)7-2-3-8(17-7)10(14)15/h7-8H,2-6H2,1H3,(H,12,13)(H,14,15). The number of ether oxygens (including phenoxy) is 2. The minimum Gasteiger partial charge on any atom is -0.479 e. The van der Waals surface area contributed by atoms with Crippen molar-refractivity contribution >= 4 is 11.9 Å². The maximum Gasteiger partial charge on any atom is 0.332 e. The molecule has 2 rings (SSSR count). The molecule has 2 fully saturated rings. The van der Waals surface area contributed by atoms with E-state index in [0.29, 0.717) is 32.6 Å². The van der Waals surface area contributed by atoms with Gasteiger partial charge >= 0.3 is 5.97 Å². The summed E-state index contributed by atoms with van der Waals surface area (Å²) in [5, 5.41) is 11.5. The molecule has 0 aromatic carbocycles. The smallest absolute Gasteiger partial charge is 0.332 e. The van der Waals surface area contributed by atoms with Crippen LogP contribution in [0.25, 0.3) is 0 Å². The summed E-state index contributed by atoms with van der Waals surface area (Å²) in [6.45, 7) is 3.88. The van der Waals surface area contributed by atoms with E-state index in [4.69, 9.17) is 14.6 Å². The number of rotatable bonds is 4. The van der Waals surface area contributed by atoms with Gasteiger partial charge in [-0.15, -0.1) is 0 Å². The number of aliphatic carboxylic acids is 1. The summed E-state index contributed by atoms with van der Waals surface area (Å²) in [7, 11) is 0. The van der Waals surface area contributed by atoms with E-state index in [-0.39, 0.29) is 11.3 Å². The van der Waals surface area contributed by atoms with Gasteiger partial charge in [0, 0.05) is 12.0 Å². The van der Waals surface area contributed by atoms with Crippen LogP contribution in [0.3, 0.4) is 0 Å². The average Bonchev–Trinajstić information content (AvgIpc) is 2.72. The van der Waals surface area contributed by atoms with Crippen LogP contribution in [0.2, 0.25) is 0 Å². The van der Waals surface area contributed by atoms with Gasteiger partial charge in [-0.3, -0.25) is 4.79 Å². The van der Waals surface area contributed by atoms with Gasteiger partial charge in [-0.2, -0.15) is 0 Å². The van der Waals surface area contributed by atoms with Gasteiger partial charge in [-0.25, -0.2) is 4.79 Å². The SMILES string of the molecule is CC1(CNC(=O)C2CCC(C(=O)O)O2)COC1. The maximum atomic E-state index is 11.7. The maximum absolute atomic E-state index is 11.7. The Labute approximate surface area is 99.3 Å². The van der Waals surface area contributed by atoms with Crippen LogP contribution < -0.4 is 5.32 Å². The van der Waals surface area contributed by atoms with Crippen LogP contribution in [0.5, 0.6) is 0 Å². The summed E-state index contributed by atoms with van der Waals surface area (Å²) < 4.78 is 10.2. The van der Waals surface area contributed by atoms with E-state index < -0.39 is 18.2 Å². The van der Waals surface area contributed by atoms with Crippen molar-refractivity contribution < 1.29 is 24.2 Å². The molecule has 0 aliphatic carbocycles. The van der Waals surface area contributed by atoms with E-state index in [9.17, 15) is 9.59 Å². The predicted molar refractivity (Wildman–Crippen MR) is 57.5 cm³/mol. The molecule has 17 heavy (non-hydrogen) atoms. The Morgan fingerprint density at radius 2 is 2.00 bits per heavy atom. The van der Waals surface area contributed by atoms with Crippen LogP contribution in [0.4, 0.5) is 0 Å². The van der Waals surface area contributed by atoms with Crippen LogP contribution in [0.15, 0.2) is 0 Å². The molecule has 0 bridgehead atoms. The van der Waals surface area contributed by atoms with Crippen molar-refractivity contribution in [3.63, 3.8) is 0 Å². The highest BCUT2D eigenvalue weighted by Crippen LogP contribution is 2.25. The largest absolute Gasteiger partial charge is 0.479 e. The van der Waals surface area contributed by atoms with Crippen LogP contribution in [-0.2, 0) is 19.1 Å². The Bertz CT molecular complexity index is 326. The summed E-state index contributed by atoms with van der Waals surface area (Å²) in [5.74, 6) is -1.22. The van der Waals surface area contributed by atoms with Crippen LogP contribution in [0.1, 0.15) is 19.8 Å². The lowest BCUT2D eigenvalue weighted by molar-refractivity contribution is -0.152. The molecule has 0 spiro atoms. The Morgan fingerprint density at radius 1 is 1.35 bits per heavy atom. The van der Waals surface area contributed by atoms with Crippen LogP contribution in [0, 0.1) is 5.41 Å². The molecule has 1 amide bonds. The second-order valence-electron chi connectivity index (χ2n) is 5.05. The lowest BCUT2D eigenvalue weighted by Crippen LogP contribution is -2.50. The van der Waals surface area contributed by atoms with Crippen molar-refractivity contribution in [1.29, 1.82) is 0 Å². The van der Waals surface area contributed by atoms with Gasteiger partial charge in [0.15, 0.2) is 6.10 Å². The average molecular weight is 243 g/mol. The molecule has 2 unspecified atom stereocenters. The van der Waals surface area contributed by atoms with Gasteiger partial charge in [-0.1, -0.05) is 6.92 Å². The molecular formula is C11H17NO5. The second kappa shape index (κ2) is 4.62. The monoisotopic (exact) mass is 243 g/mol. The Kier molecular flexibility index (Phi) is 3.35. The molecule has 0 saturated carbocycles. The van der Waals surface area contributed by atoms with E-state index in [1.54, 1.807) is 0 Å². The van der Waals surface area contributed by atoms with E-state index in [2.05, 4.69) is 5.32 Å². The molecule has 0 radical (unpaired) electrons. The third-order valence-electron chi connectivity index (χ3n) is 3.18. The van der Waals surface area contributed by atoms with E-state index in [0.717, 1.165) is 0 Å². The number of carboxylic acids is 1. The van der Waals surface area contributed by atoms with Crippen molar-refractivity contribution in [3.8, 4) is 0 Å². The molecule has 2 heterocycles. The number of carbonyl (C=O) groups is 2. The number of nitrogens with one attached hydrogen (secondary N) is 1. The topological polar surface area (TPSA) is 84.9 Å². The van der Waals surface area contributed by atoms with Crippen LogP contribution >= 0.6 is 0 Å². The first kappa shape index (κ1) is 12.3. The fourth-order valence-electron chi connectivity index (χ4n) is 1.98. The van der Waals surface area contributed by atoms with E-state index in [1.807, 2.05) is 6.92 Å². The second-order valence-corrected chi connectivity index (χ2v) is 5.05. The number of hydrogen-bond acceptors (Lipinski definition) is 4. The van der Waals surface area contributed by atoms with E-state index in [1.165, 1.54) is 0 Å². The molecule has 2 N–H and O–H groups in total. The third kappa shape index (κ3) is 2.76. The van der Waals surface area contributed by atoms with Gasteiger partial charge in [0.2, 0.25) is 5.91 Å². The molecule has 2 saturated heterocycles. The fraction of sp³-hybridized carbons (Fsp3) is 0.818. The minimum atomic E-state index is -1.00. The minimum absolute atomic E-state index is 0.0143. The zero-order valence-corrected chi connectivity index (χ0v) is 9.77. The third-order valence-corrected chi connectivity index (χ3v) is 3.18. The summed E-state index contributed by atoms with van der Waals surface area (Å²) >= 11 is 0. The molecule has 0 aromatic heterocycles. The fourth-order valence-corrected chi connectivity index (χ4v) is 1.98. The van der Waals surface area contributed by atoms with Crippen molar-refractivity contribution in [2.24, 2.45) is 5.41 Å². The summed E-state index contributed by atoms with van der Waals surface area (Å²) in [6.07, 6.45) is -0.599. The quantitative estimate of drug-likeness (QED) is 0.712. The van der Waals surface area contributed by atoms with Gasteiger partial charge in [0.05, 0.1) is 13.2 Å². The molecule has 6 nitrogen and oxygen atoms in total. The highest BCUT2D eigenvalue weighted by Gasteiger charge is 2.37. The van der Waals surface area contributed by atoms with Gasteiger partial charge in [0.25, 0.3) is 0 Å². The summed E-state index contributed by atoms with van der Waals surface area (Å²) in [5.41, 5.74) is 0.0143. The highest BCUT2D eigenvalue weighted by atomic mass is 16.5. The molecule has 6 heteroatoms. The molecule has 96 valence electrons. The molecule has 0 aromatic rings. The highest BCUT2D eigenvalue weighted by molar-refractivity contribution is 5.82. The predicted octanol–water partition coefficient (Wildman–Crippen LogP) is -0.229. The number of carboxylic acid groups (broad SMARTS) is 1. The zero-order valence-electron chi connectivity index (χ0n) is 9.77. The number of amides is 1. The van der Waals surface area contributed by atoms with Gasteiger partial charge in [-0.05, 0) is 12.8 Å². The molecule has 2 aliphatic rings. The molecular weight excluding hydrogens is 226 g/mol. The summed E-state index contributed by atoms with van der Waals surface area (Å²) in [4.78, 5) is 22.4. The number of carbonyl (C=O) groups excluding carboxylic acids is 1. The molecule has 2 aliphatic heterocycles. The Hall–Kier alpha value is -1.14. The lowest BCUT2D eigenvalue weighted by Gasteiger charge is -2.38. The van der Waals surface area contributed by atoms with Crippen molar-refractivity contribution in [1.82, 2.24) is 5.32 Å². The van der Waals surface area contributed by atoms with Crippen molar-refractivity contribution in [3.05, 3.63) is 0 Å². The number of hydrogen-bond donors (Lipinski definition) is 2. The Morgan fingerprint density at radius 3 is 2.47 bits per heavy atom. The van der Waals surface area contributed by atoms with Crippen molar-refractivity contribution in [2.75, 3.05) is 19.8 Å². The zero-order chi connectivity index (χ0) is 12.5. The van der Waals surface area contributed by atoms with Crippen LogP contribution in [-0.4, -0.2) is 48.9 Å². The first-order valence-corrected chi connectivity index (χ1v) is 5.74. The lowest BCUT2D eigenvalue weighted by atomic mass is 9.89. The van der Waals surface area contributed by atoms with Crippen molar-refractivity contribution in [2.45, 2.75) is 32.0 Å². The first-order valence-electron chi connectivity index (χ1n) is 5.74. The first-order chi connectivity index (χ1) is 8.00. The van der Waals surface area contributed by atoms with E-state index >= 15 is 0 Å². The van der Waals surface area contributed by atoms with Gasteiger partial charge < -0.3 is 19.9 Å².